The number of benzene rings is 3. The third-order valence-corrected chi connectivity index (χ3v) is 8.86. The zero-order chi connectivity index (χ0) is 29.9. The number of amides is 2. The molecule has 2 aliphatic heterocycles. The monoisotopic (exact) mass is 598 g/mol. The zero-order valence-electron chi connectivity index (χ0n) is 24.8. The second-order valence-corrected chi connectivity index (χ2v) is 12.1. The lowest BCUT2D eigenvalue weighted by Crippen LogP contribution is -2.50. The first-order chi connectivity index (χ1) is 21.0. The number of carbonyl (C=O) groups excluding carboxylic acids is 2. The molecule has 2 aliphatic rings. The van der Waals surface area contributed by atoms with Crippen LogP contribution in [0, 0.1) is 0 Å². The zero-order valence-corrected chi connectivity index (χ0v) is 25.6. The topological polar surface area (TPSA) is 64.7 Å². The molecule has 0 aromatic heterocycles. The predicted octanol–water partition coefficient (Wildman–Crippen LogP) is 5.74. The van der Waals surface area contributed by atoms with E-state index in [-0.39, 0.29) is 29.8 Å². The van der Waals surface area contributed by atoms with E-state index in [0.29, 0.717) is 24.7 Å². The average molecular weight is 599 g/mol. The van der Waals surface area contributed by atoms with Crippen molar-refractivity contribution >= 4 is 29.5 Å². The van der Waals surface area contributed by atoms with Crippen molar-refractivity contribution < 1.29 is 9.59 Å². The summed E-state index contributed by atoms with van der Waals surface area (Å²) in [5, 5.41) is 7.37. The summed E-state index contributed by atoms with van der Waals surface area (Å²) in [4.78, 5) is 31.3. The Labute approximate surface area is 261 Å². The molecular formula is C36H43ClN4O2. The van der Waals surface area contributed by atoms with Gasteiger partial charge >= 0.3 is 0 Å². The molecule has 0 spiro atoms. The lowest BCUT2D eigenvalue weighted by Gasteiger charge is -2.31. The molecule has 2 saturated heterocycles. The summed E-state index contributed by atoms with van der Waals surface area (Å²) in [5.41, 5.74) is 3.33. The lowest BCUT2D eigenvalue weighted by atomic mass is 9.90. The van der Waals surface area contributed by atoms with Crippen LogP contribution in [0.25, 0.3) is 6.08 Å². The molecule has 226 valence electrons. The van der Waals surface area contributed by atoms with Gasteiger partial charge in [0.25, 0.3) is 0 Å². The lowest BCUT2D eigenvalue weighted by molar-refractivity contribution is -0.133. The second-order valence-electron chi connectivity index (χ2n) is 11.7. The van der Waals surface area contributed by atoms with E-state index >= 15 is 0 Å². The van der Waals surface area contributed by atoms with Gasteiger partial charge in [-0.05, 0) is 73.7 Å². The fraction of sp³-hybridized carbons (Fsp3) is 0.389. The minimum Gasteiger partial charge on any atom is -0.351 e. The number of hydrogen-bond acceptors (Lipinski definition) is 4. The third kappa shape index (κ3) is 9.27. The highest BCUT2D eigenvalue weighted by Gasteiger charge is 2.33. The molecule has 1 unspecified atom stereocenters. The minimum atomic E-state index is -0.289. The Kier molecular flexibility index (Phi) is 11.4. The summed E-state index contributed by atoms with van der Waals surface area (Å²) < 4.78 is 0. The summed E-state index contributed by atoms with van der Waals surface area (Å²) in [5.74, 6) is 0.0935. The summed E-state index contributed by atoms with van der Waals surface area (Å²) in [6.07, 6.45) is 8.61. The molecule has 2 amide bonds. The summed E-state index contributed by atoms with van der Waals surface area (Å²) >= 11 is 5.97. The Morgan fingerprint density at radius 3 is 2.21 bits per heavy atom. The fourth-order valence-electron chi connectivity index (χ4n) is 6.15. The Morgan fingerprint density at radius 1 is 0.907 bits per heavy atom. The van der Waals surface area contributed by atoms with Gasteiger partial charge < -0.3 is 20.4 Å². The molecule has 0 aliphatic carbocycles. The van der Waals surface area contributed by atoms with E-state index < -0.39 is 0 Å². The van der Waals surface area contributed by atoms with E-state index in [0.717, 1.165) is 38.0 Å². The van der Waals surface area contributed by atoms with Gasteiger partial charge in [0.1, 0.15) is 0 Å². The van der Waals surface area contributed by atoms with Gasteiger partial charge in [-0.2, -0.15) is 0 Å². The molecule has 6 nitrogen and oxygen atoms in total. The second kappa shape index (κ2) is 15.9. The molecule has 2 fully saturated rings. The van der Waals surface area contributed by atoms with Crippen LogP contribution in [0.5, 0.6) is 0 Å². The first kappa shape index (κ1) is 31.0. The van der Waals surface area contributed by atoms with E-state index in [4.69, 9.17) is 11.6 Å². The molecule has 2 N–H and O–H groups in total. The van der Waals surface area contributed by atoms with Crippen LogP contribution in [0.2, 0.25) is 5.02 Å². The largest absolute Gasteiger partial charge is 0.351 e. The van der Waals surface area contributed by atoms with Gasteiger partial charge in [0.2, 0.25) is 11.8 Å². The number of nitrogens with one attached hydrogen (secondary N) is 2. The van der Waals surface area contributed by atoms with Crippen molar-refractivity contribution in [2.75, 3.05) is 39.3 Å². The van der Waals surface area contributed by atoms with Gasteiger partial charge in [0.05, 0.1) is 6.04 Å². The van der Waals surface area contributed by atoms with Crippen LogP contribution >= 0.6 is 11.6 Å². The molecular weight excluding hydrogens is 556 g/mol. The van der Waals surface area contributed by atoms with Crippen molar-refractivity contribution in [2.45, 2.75) is 50.1 Å². The molecule has 43 heavy (non-hydrogen) atoms. The highest BCUT2D eigenvalue weighted by molar-refractivity contribution is 6.30. The Bertz CT molecular complexity index is 1290. The third-order valence-electron chi connectivity index (χ3n) is 8.60. The fourth-order valence-corrected chi connectivity index (χ4v) is 6.27. The minimum absolute atomic E-state index is 0.0000818. The number of rotatable bonds is 11. The SMILES string of the molecule is O=C(/C=C/c1ccc(Cl)cc1)NCC1CCN(CC(c2ccccc2)c2ccccc2)C(=O)[C@H](CCN2CCCCC2)N1. The molecule has 0 bridgehead atoms. The molecule has 7 heteroatoms. The maximum absolute atomic E-state index is 14.1. The highest BCUT2D eigenvalue weighted by Crippen LogP contribution is 2.27. The molecule has 3 aromatic carbocycles. The molecule has 3 aromatic rings. The van der Waals surface area contributed by atoms with Crippen LogP contribution < -0.4 is 10.6 Å². The predicted molar refractivity (Wildman–Crippen MR) is 175 cm³/mol. The number of nitrogens with zero attached hydrogens (tertiary/aromatic N) is 2. The van der Waals surface area contributed by atoms with Gasteiger partial charge in [0.15, 0.2) is 0 Å². The van der Waals surface area contributed by atoms with Crippen LogP contribution in [-0.2, 0) is 9.59 Å². The van der Waals surface area contributed by atoms with E-state index in [1.165, 1.54) is 30.4 Å². The van der Waals surface area contributed by atoms with Crippen molar-refractivity contribution in [3.8, 4) is 0 Å². The Morgan fingerprint density at radius 2 is 1.56 bits per heavy atom. The number of hydrogen-bond donors (Lipinski definition) is 2. The van der Waals surface area contributed by atoms with Crippen molar-refractivity contribution in [3.63, 3.8) is 0 Å². The van der Waals surface area contributed by atoms with Crippen LogP contribution in [0.1, 0.15) is 54.7 Å². The van der Waals surface area contributed by atoms with E-state index in [1.54, 1.807) is 12.2 Å². The average Bonchev–Trinajstić information content (AvgIpc) is 3.20. The standard InChI is InChI=1S/C36H43ClN4O2/c37-31-17-14-28(15-18-31)16-19-35(42)38-26-32-20-25-41(36(43)34(39-32)21-24-40-22-8-3-9-23-40)27-33(29-10-4-1-5-11-29)30-12-6-2-7-13-30/h1-2,4-7,10-19,32-34,39H,3,8-9,20-27H2,(H,38,42)/b19-16+/t32?,34-/m0/s1. The summed E-state index contributed by atoms with van der Waals surface area (Å²) in [6.45, 7) is 4.84. The molecule has 0 saturated carbocycles. The van der Waals surface area contributed by atoms with Crippen molar-refractivity contribution in [1.82, 2.24) is 20.4 Å². The molecule has 2 heterocycles. The van der Waals surface area contributed by atoms with Gasteiger partial charge in [-0.15, -0.1) is 0 Å². The van der Waals surface area contributed by atoms with Crippen LogP contribution in [0.3, 0.4) is 0 Å². The summed E-state index contributed by atoms with van der Waals surface area (Å²) in [6, 6.07) is 28.0. The van der Waals surface area contributed by atoms with Gasteiger partial charge in [-0.3, -0.25) is 9.59 Å². The molecule has 0 radical (unpaired) electrons. The highest BCUT2D eigenvalue weighted by atomic mass is 35.5. The first-order valence-corrected chi connectivity index (χ1v) is 16.0. The maximum Gasteiger partial charge on any atom is 0.244 e. The van der Waals surface area contributed by atoms with Gasteiger partial charge in [-0.25, -0.2) is 0 Å². The number of likely N-dealkylation sites (tertiary alicyclic amines) is 1. The van der Waals surface area contributed by atoms with E-state index in [2.05, 4.69) is 69.0 Å². The van der Waals surface area contributed by atoms with Crippen molar-refractivity contribution in [1.29, 1.82) is 0 Å². The van der Waals surface area contributed by atoms with Crippen LogP contribution in [0.4, 0.5) is 0 Å². The smallest absolute Gasteiger partial charge is 0.244 e. The normalized spacial score (nSPS) is 20.0. The van der Waals surface area contributed by atoms with Crippen LogP contribution in [-0.4, -0.2) is 73.0 Å². The van der Waals surface area contributed by atoms with Gasteiger partial charge in [0, 0.05) is 49.2 Å². The van der Waals surface area contributed by atoms with Crippen molar-refractivity contribution in [2.24, 2.45) is 0 Å². The van der Waals surface area contributed by atoms with Crippen LogP contribution in [0.15, 0.2) is 91.0 Å². The quantitative estimate of drug-likeness (QED) is 0.277. The van der Waals surface area contributed by atoms with E-state index in [1.807, 2.05) is 36.4 Å². The van der Waals surface area contributed by atoms with Crippen molar-refractivity contribution in [3.05, 3.63) is 113 Å². The summed E-state index contributed by atoms with van der Waals surface area (Å²) in [7, 11) is 0. The Hall–Kier alpha value is -3.45. The molecule has 5 rings (SSSR count). The number of carbonyl (C=O) groups is 2. The van der Waals surface area contributed by atoms with E-state index in [9.17, 15) is 9.59 Å². The molecule has 2 atom stereocenters. The van der Waals surface area contributed by atoms with Gasteiger partial charge in [-0.1, -0.05) is 90.8 Å². The number of piperidine rings is 1. The first-order valence-electron chi connectivity index (χ1n) is 15.6. The number of halogens is 1. The maximum atomic E-state index is 14.1. The Balaban J connectivity index is 1.28.